The van der Waals surface area contributed by atoms with Crippen LogP contribution in [0.25, 0.3) is 22.2 Å². The molecular weight excluding hydrogens is 637 g/mol. The fraction of sp³-hybridized carbons (Fsp3) is 0.278. The zero-order valence-electron chi connectivity index (χ0n) is 27.5. The van der Waals surface area contributed by atoms with Crippen molar-refractivity contribution in [2.45, 2.75) is 33.0 Å². The quantitative estimate of drug-likeness (QED) is 0.169. The summed E-state index contributed by atoms with van der Waals surface area (Å²) in [7, 11) is 3.19. The molecule has 1 atom stereocenters. The summed E-state index contributed by atoms with van der Waals surface area (Å²) in [6, 6.07) is 19.3. The number of benzene rings is 3. The molecule has 2 aromatic heterocycles. The molecule has 3 heterocycles. The Bertz CT molecular complexity index is 1950. The van der Waals surface area contributed by atoms with Crippen molar-refractivity contribution in [1.82, 2.24) is 19.9 Å². The van der Waals surface area contributed by atoms with Crippen LogP contribution in [0, 0.1) is 24.6 Å². The first-order valence-electron chi connectivity index (χ1n) is 15.6. The van der Waals surface area contributed by atoms with Crippen molar-refractivity contribution < 1.29 is 32.5 Å². The largest absolute Gasteiger partial charge is 0.497 e. The topological polar surface area (TPSA) is 104 Å². The summed E-state index contributed by atoms with van der Waals surface area (Å²) in [6.45, 7) is 4.78. The molecule has 10 nitrogen and oxygen atoms in total. The van der Waals surface area contributed by atoms with Crippen LogP contribution in [0.4, 0.5) is 29.6 Å². The second-order valence-electron chi connectivity index (χ2n) is 12.0. The van der Waals surface area contributed by atoms with Crippen LogP contribution in [0.15, 0.2) is 66.7 Å². The second kappa shape index (κ2) is 13.9. The normalized spacial score (nSPS) is 14.6. The van der Waals surface area contributed by atoms with E-state index in [0.29, 0.717) is 36.0 Å². The maximum Gasteiger partial charge on any atom is 0.407 e. The first kappa shape index (κ1) is 33.3. The van der Waals surface area contributed by atoms with E-state index >= 15 is 8.78 Å². The number of amides is 1. The monoisotopic (exact) mass is 672 g/mol. The minimum atomic E-state index is -1.19. The number of fused-ring (bicyclic) bond motifs is 1. The van der Waals surface area contributed by atoms with Crippen LogP contribution < -0.4 is 19.3 Å². The van der Waals surface area contributed by atoms with E-state index in [-0.39, 0.29) is 36.5 Å². The van der Waals surface area contributed by atoms with Crippen molar-refractivity contribution in [3.8, 4) is 22.8 Å². The van der Waals surface area contributed by atoms with Gasteiger partial charge in [-0.2, -0.15) is 14.4 Å². The number of rotatable bonds is 9. The van der Waals surface area contributed by atoms with Crippen LogP contribution >= 0.6 is 0 Å². The number of carbonyl (C=O) groups is 1. The van der Waals surface area contributed by atoms with Crippen molar-refractivity contribution in [3.63, 3.8) is 0 Å². The molecule has 1 aliphatic heterocycles. The fourth-order valence-electron chi connectivity index (χ4n) is 6.11. The Hall–Kier alpha value is -5.59. The van der Waals surface area contributed by atoms with E-state index in [0.717, 1.165) is 17.2 Å². The van der Waals surface area contributed by atoms with Gasteiger partial charge in [0.2, 0.25) is 0 Å². The molecule has 6 rings (SSSR count). The molecule has 0 aliphatic carbocycles. The number of piperazine rings is 1. The SMILES string of the molecule is COc1ccc(CN(Cc2ccc(OC)cc2)c2cc(C)cc(-c3c(F)cc4c(N5CCN(C(=O)O)C[C@@H]5C)nc(F)nc4c3F)n2)cc1. The molecule has 0 spiro atoms. The van der Waals surface area contributed by atoms with Crippen molar-refractivity contribution in [2.24, 2.45) is 0 Å². The van der Waals surface area contributed by atoms with E-state index < -0.39 is 40.9 Å². The molecule has 254 valence electrons. The summed E-state index contributed by atoms with van der Waals surface area (Å²) in [4.78, 5) is 28.7. The predicted molar refractivity (Wildman–Crippen MR) is 180 cm³/mol. The number of carboxylic acid groups (broad SMARTS) is 1. The highest BCUT2D eigenvalue weighted by molar-refractivity contribution is 5.93. The van der Waals surface area contributed by atoms with Crippen molar-refractivity contribution in [3.05, 3.63) is 101 Å². The Kier molecular flexibility index (Phi) is 9.43. The molecule has 0 unspecified atom stereocenters. The number of nitrogens with zero attached hydrogens (tertiary/aromatic N) is 6. The maximum absolute atomic E-state index is 16.4. The molecule has 49 heavy (non-hydrogen) atoms. The number of hydrogen-bond donors (Lipinski definition) is 1. The summed E-state index contributed by atoms with van der Waals surface area (Å²) in [5.74, 6) is -0.102. The lowest BCUT2D eigenvalue weighted by molar-refractivity contribution is 0.136. The van der Waals surface area contributed by atoms with Crippen LogP contribution in [0.1, 0.15) is 23.6 Å². The molecule has 13 heteroatoms. The number of ether oxygens (including phenoxy) is 2. The lowest BCUT2D eigenvalue weighted by atomic mass is 10.0. The van der Waals surface area contributed by atoms with Crippen LogP contribution in [-0.2, 0) is 13.1 Å². The van der Waals surface area contributed by atoms with Gasteiger partial charge in [-0.25, -0.2) is 18.6 Å². The molecule has 1 saturated heterocycles. The number of aromatic nitrogens is 3. The molecule has 0 bridgehead atoms. The van der Waals surface area contributed by atoms with Crippen LogP contribution in [-0.4, -0.2) is 70.9 Å². The number of pyridine rings is 1. The zero-order valence-corrected chi connectivity index (χ0v) is 27.5. The zero-order chi connectivity index (χ0) is 34.8. The van der Waals surface area contributed by atoms with Gasteiger partial charge in [0.25, 0.3) is 0 Å². The number of halogens is 3. The van der Waals surface area contributed by atoms with Gasteiger partial charge in [-0.3, -0.25) is 0 Å². The Labute approximate surface area is 281 Å². The molecule has 5 aromatic rings. The van der Waals surface area contributed by atoms with Gasteiger partial charge in [0, 0.05) is 44.2 Å². The summed E-state index contributed by atoms with van der Waals surface area (Å²) >= 11 is 0. The number of anilines is 2. The van der Waals surface area contributed by atoms with Gasteiger partial charge in [0.05, 0.1) is 25.5 Å². The van der Waals surface area contributed by atoms with Gasteiger partial charge in [0.15, 0.2) is 5.82 Å². The number of hydrogen-bond acceptors (Lipinski definition) is 8. The molecule has 1 N–H and O–H groups in total. The van der Waals surface area contributed by atoms with Gasteiger partial charge >= 0.3 is 12.2 Å². The molecule has 1 fully saturated rings. The lowest BCUT2D eigenvalue weighted by Crippen LogP contribution is -2.53. The third kappa shape index (κ3) is 7.01. The highest BCUT2D eigenvalue weighted by atomic mass is 19.1. The highest BCUT2D eigenvalue weighted by Crippen LogP contribution is 2.36. The first-order valence-corrected chi connectivity index (χ1v) is 15.6. The minimum absolute atomic E-state index is 0.00700. The smallest absolute Gasteiger partial charge is 0.407 e. The Morgan fingerprint density at radius 1 is 0.898 bits per heavy atom. The van der Waals surface area contributed by atoms with Gasteiger partial charge in [-0.15, -0.1) is 0 Å². The molecular formula is C36H35F3N6O4. The molecule has 3 aromatic carbocycles. The average Bonchev–Trinajstić information content (AvgIpc) is 3.08. The van der Waals surface area contributed by atoms with Gasteiger partial charge in [-0.1, -0.05) is 24.3 Å². The van der Waals surface area contributed by atoms with Crippen LogP contribution in [0.5, 0.6) is 11.5 Å². The first-order chi connectivity index (χ1) is 23.5. The Morgan fingerprint density at radius 3 is 2.06 bits per heavy atom. The second-order valence-corrected chi connectivity index (χ2v) is 12.0. The summed E-state index contributed by atoms with van der Waals surface area (Å²) in [5, 5.41) is 9.38. The van der Waals surface area contributed by atoms with Gasteiger partial charge < -0.3 is 29.3 Å². The molecule has 0 saturated carbocycles. The van der Waals surface area contributed by atoms with Crippen molar-refractivity contribution in [1.29, 1.82) is 0 Å². The number of aryl methyl sites for hydroxylation is 1. The van der Waals surface area contributed by atoms with Crippen molar-refractivity contribution >= 4 is 28.6 Å². The summed E-state index contributed by atoms with van der Waals surface area (Å²) in [6.07, 6.45) is -2.27. The summed E-state index contributed by atoms with van der Waals surface area (Å²) in [5.41, 5.74) is 1.79. The van der Waals surface area contributed by atoms with Crippen LogP contribution in [0.3, 0.4) is 0 Å². The fourth-order valence-corrected chi connectivity index (χ4v) is 6.11. The highest BCUT2D eigenvalue weighted by Gasteiger charge is 2.31. The minimum Gasteiger partial charge on any atom is -0.497 e. The van der Waals surface area contributed by atoms with Crippen LogP contribution in [0.2, 0.25) is 0 Å². The van der Waals surface area contributed by atoms with Gasteiger partial charge in [-0.05, 0) is 73.0 Å². The van der Waals surface area contributed by atoms with E-state index in [1.807, 2.05) is 66.4 Å². The summed E-state index contributed by atoms with van der Waals surface area (Å²) < 4.78 is 58.0. The van der Waals surface area contributed by atoms with Gasteiger partial charge in [0.1, 0.15) is 34.5 Å². The van der Waals surface area contributed by atoms with Crippen molar-refractivity contribution in [2.75, 3.05) is 43.7 Å². The maximum atomic E-state index is 16.4. The van der Waals surface area contributed by atoms with E-state index in [9.17, 15) is 14.3 Å². The number of methoxy groups -OCH3 is 2. The standard InChI is InChI=1S/C36H35F3N6O4/c1-21-15-29(40-30(16-21)44(19-23-5-9-25(48-3)10-6-23)20-24-7-11-26(49-4)12-8-24)31-28(37)17-27-33(32(31)38)41-35(39)42-34(27)45-14-13-43(36(46)47)18-22(45)2/h5-12,15-17,22H,13-14,18-20H2,1-4H3,(H,46,47)/t22-/m0/s1. The Morgan fingerprint density at radius 2 is 1.51 bits per heavy atom. The van der Waals surface area contributed by atoms with E-state index in [2.05, 4.69) is 9.97 Å². The third-order valence-electron chi connectivity index (χ3n) is 8.61. The lowest BCUT2D eigenvalue weighted by Gasteiger charge is -2.39. The Balaban J connectivity index is 1.41. The van der Waals surface area contributed by atoms with E-state index in [4.69, 9.17) is 14.5 Å². The molecule has 0 radical (unpaired) electrons. The van der Waals surface area contributed by atoms with E-state index in [1.54, 1.807) is 32.1 Å². The van der Waals surface area contributed by atoms with E-state index in [1.165, 1.54) is 4.90 Å². The third-order valence-corrected chi connectivity index (χ3v) is 8.61. The predicted octanol–water partition coefficient (Wildman–Crippen LogP) is 6.83. The molecule has 1 aliphatic rings. The average molecular weight is 673 g/mol. The molecule has 1 amide bonds.